The monoisotopic (exact) mass is 342 g/mol. The average molecular weight is 343 g/mol. The molecule has 142 valence electrons. The van der Waals surface area contributed by atoms with Crippen LogP contribution in [0, 0.1) is 23.7 Å². The molecular weight excluding hydrogens is 304 g/mol. The number of carboxylic acids is 2. The van der Waals surface area contributed by atoms with E-state index in [4.69, 9.17) is 5.11 Å². The quantitative estimate of drug-likeness (QED) is 0.380. The molecule has 0 aromatic rings. The van der Waals surface area contributed by atoms with Gasteiger partial charge >= 0.3 is 11.9 Å². The zero-order valence-corrected chi connectivity index (χ0v) is 16.1. The van der Waals surface area contributed by atoms with Crippen LogP contribution in [0.4, 0.5) is 0 Å². The molecule has 0 aliphatic carbocycles. The van der Waals surface area contributed by atoms with Gasteiger partial charge in [-0.25, -0.2) is 0 Å². The van der Waals surface area contributed by atoms with Crippen LogP contribution in [0.3, 0.4) is 0 Å². The smallest absolute Gasteiger partial charge is 0.306 e. The minimum Gasteiger partial charge on any atom is -0.481 e. The van der Waals surface area contributed by atoms with Crippen LogP contribution in [0.25, 0.3) is 0 Å². The van der Waals surface area contributed by atoms with Crippen LogP contribution in [0.1, 0.15) is 91.9 Å². The van der Waals surface area contributed by atoms with Crippen molar-refractivity contribution in [2.24, 2.45) is 23.7 Å². The summed E-state index contributed by atoms with van der Waals surface area (Å²) in [6.45, 7) is 8.66. The van der Waals surface area contributed by atoms with Crippen molar-refractivity contribution in [3.63, 3.8) is 0 Å². The molecule has 24 heavy (non-hydrogen) atoms. The summed E-state index contributed by atoms with van der Waals surface area (Å²) in [6.07, 6.45) is 8.65. The van der Waals surface area contributed by atoms with Crippen molar-refractivity contribution in [1.29, 1.82) is 0 Å². The Balaban J connectivity index is 4.45. The van der Waals surface area contributed by atoms with E-state index in [1.807, 2.05) is 0 Å². The van der Waals surface area contributed by atoms with Crippen LogP contribution >= 0.6 is 0 Å². The summed E-state index contributed by atoms with van der Waals surface area (Å²) in [5.41, 5.74) is 0. The molecule has 0 radical (unpaired) electrons. The number of hydrogen-bond acceptors (Lipinski definition) is 2. The first-order valence-corrected chi connectivity index (χ1v) is 9.68. The molecular formula is C20H38O4. The third kappa shape index (κ3) is 12.4. The van der Waals surface area contributed by atoms with Gasteiger partial charge in [-0.05, 0) is 43.4 Å². The number of rotatable bonds is 15. The van der Waals surface area contributed by atoms with Crippen LogP contribution in [-0.4, -0.2) is 22.2 Å². The van der Waals surface area contributed by atoms with Gasteiger partial charge in [0.05, 0.1) is 5.92 Å². The number of carboxylic acid groups (broad SMARTS) is 2. The van der Waals surface area contributed by atoms with E-state index in [1.54, 1.807) is 0 Å². The molecule has 0 aromatic carbocycles. The maximum Gasteiger partial charge on any atom is 0.306 e. The number of aliphatic carboxylic acids is 2. The second-order valence-electron chi connectivity index (χ2n) is 7.99. The molecule has 2 unspecified atom stereocenters. The highest BCUT2D eigenvalue weighted by molar-refractivity contribution is 5.70. The molecule has 0 bridgehead atoms. The highest BCUT2D eigenvalue weighted by Gasteiger charge is 2.27. The first kappa shape index (κ1) is 22.9. The summed E-state index contributed by atoms with van der Waals surface area (Å²) < 4.78 is 0. The predicted molar refractivity (Wildman–Crippen MR) is 98.1 cm³/mol. The number of hydrogen-bond donors (Lipinski definition) is 2. The molecule has 4 nitrogen and oxygen atoms in total. The molecule has 0 aliphatic heterocycles. The van der Waals surface area contributed by atoms with Crippen LogP contribution in [0.15, 0.2) is 0 Å². The Morgan fingerprint density at radius 3 is 1.75 bits per heavy atom. The van der Waals surface area contributed by atoms with E-state index in [9.17, 15) is 14.7 Å². The van der Waals surface area contributed by atoms with Gasteiger partial charge in [0.2, 0.25) is 0 Å². The van der Waals surface area contributed by atoms with Gasteiger partial charge in [-0.1, -0.05) is 59.8 Å². The molecule has 2 N–H and O–H groups in total. The molecule has 0 aliphatic rings. The highest BCUT2D eigenvalue weighted by atomic mass is 16.4. The highest BCUT2D eigenvalue weighted by Crippen LogP contribution is 2.30. The minimum atomic E-state index is -0.732. The first-order valence-electron chi connectivity index (χ1n) is 9.68. The lowest BCUT2D eigenvalue weighted by atomic mass is 9.79. The van der Waals surface area contributed by atoms with Crippen LogP contribution in [0.2, 0.25) is 0 Å². The largest absolute Gasteiger partial charge is 0.481 e. The summed E-state index contributed by atoms with van der Waals surface area (Å²) in [5.74, 6) is -0.218. The van der Waals surface area contributed by atoms with Crippen LogP contribution in [0.5, 0.6) is 0 Å². The first-order chi connectivity index (χ1) is 11.2. The lowest BCUT2D eigenvalue weighted by molar-refractivity contribution is -0.144. The number of unbranched alkanes of at least 4 members (excludes halogenated alkanes) is 3. The topological polar surface area (TPSA) is 74.6 Å². The predicted octanol–water partition coefficient (Wildman–Crippen LogP) is 5.60. The van der Waals surface area contributed by atoms with E-state index in [1.165, 1.54) is 0 Å². The van der Waals surface area contributed by atoms with Crippen molar-refractivity contribution in [2.75, 3.05) is 0 Å². The van der Waals surface area contributed by atoms with E-state index in [0.29, 0.717) is 11.8 Å². The van der Waals surface area contributed by atoms with Gasteiger partial charge in [-0.15, -0.1) is 0 Å². The standard InChI is InChI=1S/C20H38O4/c1-15(2)11-13-17(9-7-5-6-8-10-19(21)22)18(20(23)24)14-12-16(3)4/h15-18H,5-14H2,1-4H3,(H,21,22)(H,23,24). The molecule has 0 amide bonds. The van der Waals surface area contributed by atoms with E-state index in [0.717, 1.165) is 57.8 Å². The van der Waals surface area contributed by atoms with Crippen LogP contribution in [-0.2, 0) is 9.59 Å². The zero-order valence-electron chi connectivity index (χ0n) is 16.1. The molecule has 0 saturated heterocycles. The average Bonchev–Trinajstić information content (AvgIpc) is 2.46. The fourth-order valence-corrected chi connectivity index (χ4v) is 3.20. The summed E-state index contributed by atoms with van der Waals surface area (Å²) >= 11 is 0. The van der Waals surface area contributed by atoms with Gasteiger partial charge in [-0.3, -0.25) is 9.59 Å². The molecule has 0 rings (SSSR count). The molecule has 0 saturated carbocycles. The van der Waals surface area contributed by atoms with Crippen molar-refractivity contribution >= 4 is 11.9 Å². The molecule has 0 heterocycles. The third-order valence-electron chi connectivity index (χ3n) is 4.77. The maximum atomic E-state index is 11.7. The lowest BCUT2D eigenvalue weighted by Crippen LogP contribution is -2.25. The second kappa shape index (κ2) is 13.3. The van der Waals surface area contributed by atoms with E-state index >= 15 is 0 Å². The summed E-state index contributed by atoms with van der Waals surface area (Å²) in [5, 5.41) is 18.3. The van der Waals surface area contributed by atoms with E-state index in [-0.39, 0.29) is 18.3 Å². The van der Waals surface area contributed by atoms with E-state index in [2.05, 4.69) is 27.7 Å². The Morgan fingerprint density at radius 1 is 0.708 bits per heavy atom. The van der Waals surface area contributed by atoms with Gasteiger partial charge < -0.3 is 10.2 Å². The molecule has 2 atom stereocenters. The van der Waals surface area contributed by atoms with Gasteiger partial charge in [0.15, 0.2) is 0 Å². The van der Waals surface area contributed by atoms with Crippen LogP contribution < -0.4 is 0 Å². The minimum absolute atomic E-state index is 0.231. The normalized spacial score (nSPS) is 14.1. The van der Waals surface area contributed by atoms with Crippen molar-refractivity contribution in [1.82, 2.24) is 0 Å². The Bertz CT molecular complexity index is 350. The molecule has 0 spiro atoms. The fraction of sp³-hybridized carbons (Fsp3) is 0.900. The van der Waals surface area contributed by atoms with Gasteiger partial charge in [0, 0.05) is 6.42 Å². The van der Waals surface area contributed by atoms with E-state index < -0.39 is 11.9 Å². The van der Waals surface area contributed by atoms with Gasteiger partial charge in [0.1, 0.15) is 0 Å². The summed E-state index contributed by atoms with van der Waals surface area (Å²) in [4.78, 5) is 22.3. The number of carbonyl (C=O) groups is 2. The molecule has 0 fully saturated rings. The Hall–Kier alpha value is -1.06. The summed E-state index contributed by atoms with van der Waals surface area (Å²) in [7, 11) is 0. The Kier molecular flexibility index (Phi) is 12.7. The van der Waals surface area contributed by atoms with Crippen molar-refractivity contribution in [2.45, 2.75) is 91.9 Å². The zero-order chi connectivity index (χ0) is 18.5. The van der Waals surface area contributed by atoms with Gasteiger partial charge in [0.25, 0.3) is 0 Å². The lowest BCUT2D eigenvalue weighted by Gasteiger charge is -2.25. The molecule has 4 heteroatoms. The van der Waals surface area contributed by atoms with Crippen molar-refractivity contribution in [3.05, 3.63) is 0 Å². The Morgan fingerprint density at radius 2 is 1.25 bits per heavy atom. The maximum absolute atomic E-state index is 11.7. The van der Waals surface area contributed by atoms with Gasteiger partial charge in [-0.2, -0.15) is 0 Å². The second-order valence-corrected chi connectivity index (χ2v) is 7.99. The SMILES string of the molecule is CC(C)CCC(CCCCCCC(=O)O)C(CCC(C)C)C(=O)O. The van der Waals surface area contributed by atoms with Crippen molar-refractivity contribution in [3.8, 4) is 0 Å². The third-order valence-corrected chi connectivity index (χ3v) is 4.77. The Labute approximate surface area is 148 Å². The van der Waals surface area contributed by atoms with Crippen molar-refractivity contribution < 1.29 is 19.8 Å². The fourth-order valence-electron chi connectivity index (χ4n) is 3.20. The molecule has 0 aromatic heterocycles. The summed E-state index contributed by atoms with van der Waals surface area (Å²) in [6, 6.07) is 0.